The summed E-state index contributed by atoms with van der Waals surface area (Å²) < 4.78 is 0. The first-order valence-electron chi connectivity index (χ1n) is 9.31. The lowest BCUT2D eigenvalue weighted by Gasteiger charge is -2.16. The van der Waals surface area contributed by atoms with E-state index in [1.165, 1.54) is 6.07 Å². The van der Waals surface area contributed by atoms with Gasteiger partial charge in [-0.1, -0.05) is 162 Å². The largest absolute Gasteiger partial charge is 0.208 e. The Bertz CT molecular complexity index is 1530. The van der Waals surface area contributed by atoms with Crippen LogP contribution in [0.15, 0.2) is 6.07 Å². The Morgan fingerprint density at radius 3 is 0.895 bits per heavy atom. The van der Waals surface area contributed by atoms with Crippen LogP contribution in [0.3, 0.4) is 0 Å². The van der Waals surface area contributed by atoms with Gasteiger partial charge in [-0.2, -0.15) is 0 Å². The smallest absolute Gasteiger partial charge is 0.167 e. The topological polar surface area (TPSA) is 38.7 Å². The highest BCUT2D eigenvalue weighted by Crippen LogP contribution is 2.51. The van der Waals surface area contributed by atoms with E-state index in [2.05, 4.69) is 15.0 Å². The van der Waals surface area contributed by atoms with E-state index in [1.54, 1.807) is 0 Å². The van der Waals surface area contributed by atoms with Crippen molar-refractivity contribution in [3.63, 3.8) is 0 Å². The minimum absolute atomic E-state index is 0.0108. The zero-order chi connectivity index (χ0) is 28.4. The Morgan fingerprint density at radius 2 is 0.553 bits per heavy atom. The van der Waals surface area contributed by atoms with E-state index < -0.39 is 0 Å². The minimum Gasteiger partial charge on any atom is -0.208 e. The van der Waals surface area contributed by atoms with Crippen molar-refractivity contribution in [2.75, 3.05) is 0 Å². The maximum absolute atomic E-state index is 6.49. The summed E-state index contributed by atoms with van der Waals surface area (Å²) in [5.41, 5.74) is 0.0520. The van der Waals surface area contributed by atoms with Crippen molar-refractivity contribution in [1.29, 1.82) is 0 Å². The van der Waals surface area contributed by atoms with E-state index in [9.17, 15) is 0 Å². The normalized spacial score (nSPS) is 11.4. The fourth-order valence-electron chi connectivity index (χ4n) is 3.08. The lowest BCUT2D eigenvalue weighted by atomic mass is 10.1. The van der Waals surface area contributed by atoms with Crippen LogP contribution >= 0.6 is 162 Å². The molecule has 3 aromatic carbocycles. The third-order valence-electron chi connectivity index (χ3n) is 4.84. The van der Waals surface area contributed by atoms with Crippen molar-refractivity contribution >= 4 is 162 Å². The second kappa shape index (κ2) is 12.1. The van der Waals surface area contributed by atoms with Gasteiger partial charge in [0.1, 0.15) is 0 Å². The Balaban J connectivity index is 2.20. The second-order valence-electron chi connectivity index (χ2n) is 7.04. The molecule has 198 valence electrons. The quantitative estimate of drug-likeness (QED) is 0.153. The highest BCUT2D eigenvalue weighted by atomic mass is 35.5. The van der Waals surface area contributed by atoms with Gasteiger partial charge >= 0.3 is 0 Å². The molecule has 1 heterocycles. The molecule has 0 atom stereocenters. The van der Waals surface area contributed by atoms with E-state index in [0.717, 1.165) is 0 Å². The standard InChI is InChI=1S/C21HCl14N3/c22-2-1-3(23)7(24)8(25)4(2)19-36-20(5-9(26)13(30)17(34)14(31)10(5)27)38-21(37-19)6-11(28)15(32)18(35)16(33)12(6)29/h1H. The zero-order valence-corrected chi connectivity index (χ0v) is 27.8. The molecule has 1 aromatic heterocycles. The lowest BCUT2D eigenvalue weighted by Crippen LogP contribution is -2.03. The fraction of sp³-hybridized carbons (Fsp3) is 0. The first-order valence-corrected chi connectivity index (χ1v) is 14.6. The molecule has 0 aliphatic carbocycles. The molecule has 4 aromatic rings. The monoisotopic (exact) mass is 785 g/mol. The highest BCUT2D eigenvalue weighted by Gasteiger charge is 2.28. The van der Waals surface area contributed by atoms with Crippen LogP contribution in [0.1, 0.15) is 0 Å². The SMILES string of the molecule is Clc1cc(Cl)c(-c2nc(-c3c(Cl)c(Cl)c(Cl)c(Cl)c3Cl)nc(-c3c(Cl)c(Cl)c(Cl)c(Cl)c3Cl)n2)c(Cl)c1Cl. The molecule has 0 N–H and O–H groups in total. The van der Waals surface area contributed by atoms with E-state index in [0.29, 0.717) is 0 Å². The Hall–Kier alpha value is 0.730. The Morgan fingerprint density at radius 1 is 0.289 bits per heavy atom. The van der Waals surface area contributed by atoms with Crippen molar-refractivity contribution in [3.8, 4) is 34.2 Å². The van der Waals surface area contributed by atoms with Crippen LogP contribution in [0.5, 0.6) is 0 Å². The predicted molar refractivity (Wildman–Crippen MR) is 166 cm³/mol. The molecule has 38 heavy (non-hydrogen) atoms. The number of rotatable bonds is 3. The van der Waals surface area contributed by atoms with E-state index in [1.807, 2.05) is 0 Å². The van der Waals surface area contributed by atoms with Crippen molar-refractivity contribution in [2.45, 2.75) is 0 Å². The number of hydrogen-bond donors (Lipinski definition) is 0. The minimum atomic E-state index is -0.159. The first kappa shape index (κ1) is 31.7. The van der Waals surface area contributed by atoms with Crippen LogP contribution in [-0.4, -0.2) is 15.0 Å². The molecular weight excluding hydrogens is 791 g/mol. The number of aromatic nitrogens is 3. The van der Waals surface area contributed by atoms with E-state index in [-0.39, 0.29) is 104 Å². The van der Waals surface area contributed by atoms with Crippen LogP contribution in [0.2, 0.25) is 70.3 Å². The summed E-state index contributed by atoms with van der Waals surface area (Å²) in [5.74, 6) is -0.441. The number of hydrogen-bond acceptors (Lipinski definition) is 3. The van der Waals surface area contributed by atoms with Crippen LogP contribution in [0.4, 0.5) is 0 Å². The molecule has 4 rings (SSSR count). The van der Waals surface area contributed by atoms with Gasteiger partial charge in [-0.25, -0.2) is 15.0 Å². The van der Waals surface area contributed by atoms with Crippen molar-refractivity contribution in [1.82, 2.24) is 15.0 Å². The summed E-state index contributed by atoms with van der Waals surface area (Å²) in [4.78, 5) is 13.3. The van der Waals surface area contributed by atoms with Crippen LogP contribution in [0, 0.1) is 0 Å². The number of halogens is 14. The molecule has 0 fully saturated rings. The average Bonchev–Trinajstić information content (AvgIpc) is 2.87. The van der Waals surface area contributed by atoms with Crippen molar-refractivity contribution in [3.05, 3.63) is 76.4 Å². The van der Waals surface area contributed by atoms with Crippen molar-refractivity contribution < 1.29 is 0 Å². The van der Waals surface area contributed by atoms with Gasteiger partial charge in [0.2, 0.25) is 0 Å². The summed E-state index contributed by atoms with van der Waals surface area (Å²) in [6.45, 7) is 0. The number of nitrogens with zero attached hydrogens (tertiary/aromatic N) is 3. The van der Waals surface area contributed by atoms with Crippen LogP contribution in [0.25, 0.3) is 34.2 Å². The Kier molecular flexibility index (Phi) is 10.1. The molecule has 0 saturated carbocycles. The summed E-state index contributed by atoms with van der Waals surface area (Å²) in [6.07, 6.45) is 0. The number of benzene rings is 3. The highest BCUT2D eigenvalue weighted by molar-refractivity contribution is 6.58. The fourth-order valence-corrected chi connectivity index (χ4v) is 6.78. The van der Waals surface area contributed by atoms with Crippen molar-refractivity contribution in [2.24, 2.45) is 0 Å². The van der Waals surface area contributed by atoms with Gasteiger partial charge in [0.05, 0.1) is 87.0 Å². The third-order valence-corrected chi connectivity index (χ3v) is 11.0. The van der Waals surface area contributed by atoms with Crippen LogP contribution in [-0.2, 0) is 0 Å². The summed E-state index contributed by atoms with van der Waals surface area (Å²) in [6, 6.07) is 1.35. The van der Waals surface area contributed by atoms with Gasteiger partial charge in [-0.05, 0) is 6.07 Å². The Labute approximate surface area is 285 Å². The van der Waals surface area contributed by atoms with Gasteiger partial charge in [0, 0.05) is 0 Å². The van der Waals surface area contributed by atoms with Gasteiger partial charge < -0.3 is 0 Å². The maximum atomic E-state index is 6.49. The van der Waals surface area contributed by atoms with Gasteiger partial charge in [0.25, 0.3) is 0 Å². The zero-order valence-electron chi connectivity index (χ0n) is 17.2. The second-order valence-corrected chi connectivity index (χ2v) is 12.4. The van der Waals surface area contributed by atoms with E-state index in [4.69, 9.17) is 162 Å². The molecule has 0 radical (unpaired) electrons. The summed E-state index contributed by atoms with van der Waals surface area (Å²) in [7, 11) is 0. The molecular formula is C21HCl14N3. The molecule has 0 spiro atoms. The lowest BCUT2D eigenvalue weighted by molar-refractivity contribution is 1.07. The molecule has 3 nitrogen and oxygen atoms in total. The molecule has 0 aliphatic rings. The summed E-state index contributed by atoms with van der Waals surface area (Å²) in [5, 5.41) is -1.05. The molecule has 17 heteroatoms. The van der Waals surface area contributed by atoms with Gasteiger partial charge in [-0.3, -0.25) is 0 Å². The molecule has 0 unspecified atom stereocenters. The molecule has 0 saturated heterocycles. The van der Waals surface area contributed by atoms with Gasteiger partial charge in [-0.15, -0.1) is 0 Å². The van der Waals surface area contributed by atoms with Gasteiger partial charge in [0.15, 0.2) is 17.5 Å². The predicted octanol–water partition coefficient (Wildman–Crippen LogP) is 14.0. The first-order chi connectivity index (χ1) is 17.7. The average molecular weight is 792 g/mol. The molecule has 0 aliphatic heterocycles. The maximum Gasteiger partial charge on any atom is 0.167 e. The van der Waals surface area contributed by atoms with Crippen LogP contribution < -0.4 is 0 Å². The molecule has 0 bridgehead atoms. The third kappa shape index (κ3) is 5.45. The van der Waals surface area contributed by atoms with E-state index >= 15 is 0 Å². The molecule has 0 amide bonds. The summed E-state index contributed by atoms with van der Waals surface area (Å²) >= 11 is 88.6.